The second-order valence-corrected chi connectivity index (χ2v) is 5.57. The lowest BCUT2D eigenvalue weighted by atomic mass is 10.1. The molecule has 122 valence electrons. The van der Waals surface area contributed by atoms with Crippen LogP contribution >= 0.6 is 0 Å². The van der Waals surface area contributed by atoms with Crippen LogP contribution in [0.15, 0.2) is 60.8 Å². The highest BCUT2D eigenvalue weighted by Gasteiger charge is 2.09. The Hall–Kier alpha value is -3.08. The molecule has 0 saturated heterocycles. The van der Waals surface area contributed by atoms with E-state index >= 15 is 0 Å². The number of hydrogen-bond acceptors (Lipinski definition) is 3. The van der Waals surface area contributed by atoms with Crippen LogP contribution < -0.4 is 10.1 Å². The van der Waals surface area contributed by atoms with Gasteiger partial charge in [0.05, 0.1) is 13.7 Å². The minimum absolute atomic E-state index is 0.213. The van der Waals surface area contributed by atoms with Gasteiger partial charge in [-0.05, 0) is 30.7 Å². The summed E-state index contributed by atoms with van der Waals surface area (Å²) in [7, 11) is 1.57. The maximum atomic E-state index is 12.3. The molecule has 1 N–H and O–H groups in total. The topological polar surface area (TPSA) is 56.1 Å². The van der Waals surface area contributed by atoms with Gasteiger partial charge in [0.2, 0.25) is 0 Å². The van der Waals surface area contributed by atoms with E-state index in [1.54, 1.807) is 42.1 Å². The lowest BCUT2D eigenvalue weighted by molar-refractivity contribution is 0.102. The van der Waals surface area contributed by atoms with Gasteiger partial charge in [0.1, 0.15) is 5.75 Å². The Morgan fingerprint density at radius 3 is 2.71 bits per heavy atom. The average Bonchev–Trinajstić information content (AvgIpc) is 3.04. The second kappa shape index (κ2) is 7.00. The first-order valence-corrected chi connectivity index (χ1v) is 7.68. The number of methoxy groups -OCH3 is 1. The van der Waals surface area contributed by atoms with Gasteiger partial charge in [0.15, 0.2) is 5.82 Å². The van der Waals surface area contributed by atoms with Gasteiger partial charge in [-0.25, -0.2) is 0 Å². The van der Waals surface area contributed by atoms with Crippen molar-refractivity contribution in [2.24, 2.45) is 0 Å². The van der Waals surface area contributed by atoms with Crippen molar-refractivity contribution in [1.29, 1.82) is 0 Å². The average molecular weight is 321 g/mol. The summed E-state index contributed by atoms with van der Waals surface area (Å²) in [6.45, 7) is 2.72. The zero-order chi connectivity index (χ0) is 16.9. The highest BCUT2D eigenvalue weighted by Crippen LogP contribution is 2.14. The van der Waals surface area contributed by atoms with Crippen LogP contribution in [-0.4, -0.2) is 22.8 Å². The highest BCUT2D eigenvalue weighted by atomic mass is 16.5. The van der Waals surface area contributed by atoms with E-state index in [1.165, 1.54) is 5.56 Å². The third-order valence-electron chi connectivity index (χ3n) is 3.68. The first-order chi connectivity index (χ1) is 11.6. The van der Waals surface area contributed by atoms with Crippen LogP contribution in [0.1, 0.15) is 21.5 Å². The van der Waals surface area contributed by atoms with E-state index in [4.69, 9.17) is 4.74 Å². The molecule has 1 aromatic heterocycles. The van der Waals surface area contributed by atoms with E-state index in [9.17, 15) is 4.79 Å². The molecular weight excluding hydrogens is 302 g/mol. The summed E-state index contributed by atoms with van der Waals surface area (Å²) in [5.74, 6) is 0.956. The van der Waals surface area contributed by atoms with Crippen LogP contribution in [-0.2, 0) is 6.54 Å². The molecule has 0 radical (unpaired) electrons. The fourth-order valence-electron chi connectivity index (χ4n) is 2.35. The molecule has 0 atom stereocenters. The van der Waals surface area contributed by atoms with Gasteiger partial charge in [-0.2, -0.15) is 5.10 Å². The molecule has 24 heavy (non-hydrogen) atoms. The van der Waals surface area contributed by atoms with Crippen molar-refractivity contribution in [3.05, 3.63) is 77.5 Å². The highest BCUT2D eigenvalue weighted by molar-refractivity contribution is 6.03. The zero-order valence-corrected chi connectivity index (χ0v) is 13.7. The maximum absolute atomic E-state index is 12.3. The molecule has 0 spiro atoms. The van der Waals surface area contributed by atoms with E-state index in [0.717, 1.165) is 5.56 Å². The van der Waals surface area contributed by atoms with E-state index in [2.05, 4.69) is 41.6 Å². The number of amides is 1. The number of nitrogens with zero attached hydrogens (tertiary/aromatic N) is 2. The van der Waals surface area contributed by atoms with Gasteiger partial charge in [0, 0.05) is 17.8 Å². The molecule has 0 aliphatic rings. The van der Waals surface area contributed by atoms with Gasteiger partial charge in [-0.15, -0.1) is 0 Å². The Morgan fingerprint density at radius 1 is 1.17 bits per heavy atom. The summed E-state index contributed by atoms with van der Waals surface area (Å²) in [4.78, 5) is 12.3. The predicted molar refractivity (Wildman–Crippen MR) is 93.5 cm³/mol. The SMILES string of the molecule is COc1cccc(C(=O)Nc2ccn(Cc3ccc(C)cc3)n2)c1. The zero-order valence-electron chi connectivity index (χ0n) is 13.7. The number of benzene rings is 2. The Balaban J connectivity index is 1.67. The fraction of sp³-hybridized carbons (Fsp3) is 0.158. The Morgan fingerprint density at radius 2 is 1.96 bits per heavy atom. The van der Waals surface area contributed by atoms with E-state index in [-0.39, 0.29) is 5.91 Å². The van der Waals surface area contributed by atoms with Gasteiger partial charge in [-0.3, -0.25) is 9.48 Å². The van der Waals surface area contributed by atoms with Gasteiger partial charge >= 0.3 is 0 Å². The van der Waals surface area contributed by atoms with Crippen LogP contribution in [0, 0.1) is 6.92 Å². The molecule has 5 nitrogen and oxygen atoms in total. The van der Waals surface area contributed by atoms with Crippen molar-refractivity contribution in [3.8, 4) is 5.75 Å². The Kier molecular flexibility index (Phi) is 4.61. The standard InChI is InChI=1S/C19H19N3O2/c1-14-6-8-15(9-7-14)13-22-11-10-18(21-22)20-19(23)16-4-3-5-17(12-16)24-2/h3-12H,13H2,1-2H3,(H,20,21,23). The Labute approximate surface area is 140 Å². The van der Waals surface area contributed by atoms with Crippen molar-refractivity contribution in [2.45, 2.75) is 13.5 Å². The first kappa shape index (κ1) is 15.8. The van der Waals surface area contributed by atoms with Crippen molar-refractivity contribution in [1.82, 2.24) is 9.78 Å². The smallest absolute Gasteiger partial charge is 0.256 e. The van der Waals surface area contributed by atoms with E-state index < -0.39 is 0 Å². The van der Waals surface area contributed by atoms with Crippen LogP contribution in [0.4, 0.5) is 5.82 Å². The lowest BCUT2D eigenvalue weighted by Gasteiger charge is -2.05. The van der Waals surface area contributed by atoms with Crippen LogP contribution in [0.5, 0.6) is 5.75 Å². The summed E-state index contributed by atoms with van der Waals surface area (Å²) in [6.07, 6.45) is 1.85. The van der Waals surface area contributed by atoms with E-state index in [0.29, 0.717) is 23.7 Å². The number of hydrogen-bond donors (Lipinski definition) is 1. The molecule has 0 aliphatic carbocycles. The maximum Gasteiger partial charge on any atom is 0.256 e. The normalized spacial score (nSPS) is 10.4. The number of aryl methyl sites for hydroxylation is 1. The monoisotopic (exact) mass is 321 g/mol. The van der Waals surface area contributed by atoms with Gasteiger partial charge < -0.3 is 10.1 Å². The predicted octanol–water partition coefficient (Wildman–Crippen LogP) is 3.50. The molecule has 0 saturated carbocycles. The molecule has 3 rings (SSSR count). The quantitative estimate of drug-likeness (QED) is 0.782. The van der Waals surface area contributed by atoms with Crippen molar-refractivity contribution < 1.29 is 9.53 Å². The first-order valence-electron chi connectivity index (χ1n) is 7.68. The number of ether oxygens (including phenoxy) is 1. The summed E-state index contributed by atoms with van der Waals surface area (Å²) in [5, 5.41) is 7.19. The minimum Gasteiger partial charge on any atom is -0.497 e. The number of aromatic nitrogens is 2. The molecule has 0 bridgehead atoms. The molecule has 1 amide bonds. The Bertz CT molecular complexity index is 838. The summed E-state index contributed by atoms with van der Waals surface area (Å²) < 4.78 is 6.93. The molecule has 0 fully saturated rings. The fourth-order valence-corrected chi connectivity index (χ4v) is 2.35. The largest absolute Gasteiger partial charge is 0.497 e. The molecule has 5 heteroatoms. The number of rotatable bonds is 5. The molecule has 1 heterocycles. The molecule has 0 unspecified atom stereocenters. The summed E-state index contributed by atoms with van der Waals surface area (Å²) >= 11 is 0. The van der Waals surface area contributed by atoms with Crippen LogP contribution in [0.25, 0.3) is 0 Å². The van der Waals surface area contributed by atoms with Crippen LogP contribution in [0.2, 0.25) is 0 Å². The van der Waals surface area contributed by atoms with Crippen molar-refractivity contribution in [2.75, 3.05) is 12.4 Å². The summed E-state index contributed by atoms with van der Waals surface area (Å²) in [6, 6.07) is 17.1. The number of carbonyl (C=O) groups is 1. The van der Waals surface area contributed by atoms with Crippen molar-refractivity contribution in [3.63, 3.8) is 0 Å². The van der Waals surface area contributed by atoms with Crippen molar-refractivity contribution >= 4 is 11.7 Å². The van der Waals surface area contributed by atoms with Crippen LogP contribution in [0.3, 0.4) is 0 Å². The summed E-state index contributed by atoms with van der Waals surface area (Å²) in [5.41, 5.74) is 2.92. The second-order valence-electron chi connectivity index (χ2n) is 5.57. The number of nitrogens with one attached hydrogen (secondary N) is 1. The molecule has 0 aliphatic heterocycles. The number of anilines is 1. The van der Waals surface area contributed by atoms with E-state index in [1.807, 2.05) is 6.20 Å². The van der Waals surface area contributed by atoms with Gasteiger partial charge in [0.25, 0.3) is 5.91 Å². The lowest BCUT2D eigenvalue weighted by Crippen LogP contribution is -2.13. The molecule has 3 aromatic rings. The molecular formula is C19H19N3O2. The number of carbonyl (C=O) groups excluding carboxylic acids is 1. The van der Waals surface area contributed by atoms with Gasteiger partial charge in [-0.1, -0.05) is 35.9 Å². The third kappa shape index (κ3) is 3.81. The molecule has 2 aromatic carbocycles. The minimum atomic E-state index is -0.213. The third-order valence-corrected chi connectivity index (χ3v) is 3.68.